The first kappa shape index (κ1) is 14.0. The lowest BCUT2D eigenvalue weighted by atomic mass is 10.2. The summed E-state index contributed by atoms with van der Waals surface area (Å²) in [5.41, 5.74) is 2.08. The van der Waals surface area contributed by atoms with Crippen molar-refractivity contribution in [2.75, 3.05) is 12.4 Å². The van der Waals surface area contributed by atoms with Gasteiger partial charge in [0, 0.05) is 25.0 Å². The Hall–Kier alpha value is -0.0600. The Balaban J connectivity index is 2.84. The van der Waals surface area contributed by atoms with Crippen LogP contribution in [0.5, 0.6) is 0 Å². The molecule has 0 N–H and O–H groups in total. The van der Waals surface area contributed by atoms with Gasteiger partial charge < -0.3 is 0 Å². The van der Waals surface area contributed by atoms with E-state index in [1.54, 1.807) is 0 Å². The molecule has 0 saturated heterocycles. The highest BCUT2D eigenvalue weighted by Crippen LogP contribution is 2.22. The zero-order valence-electron chi connectivity index (χ0n) is 10.3. The van der Waals surface area contributed by atoms with E-state index in [-0.39, 0.29) is 0 Å². The highest BCUT2D eigenvalue weighted by Gasteiger charge is 2.16. The molecule has 0 fully saturated rings. The molecular weight excluding hydrogens is 289 g/mol. The largest absolute Gasteiger partial charge is 0.297 e. The fourth-order valence-corrected chi connectivity index (χ4v) is 2.35. The van der Waals surface area contributed by atoms with E-state index in [4.69, 9.17) is 11.6 Å². The maximum absolute atomic E-state index is 6.30. The molecule has 0 aliphatic rings. The first-order valence-electron chi connectivity index (χ1n) is 5.47. The van der Waals surface area contributed by atoms with Gasteiger partial charge in [0.2, 0.25) is 0 Å². The first-order valence-corrected chi connectivity index (χ1v) is 6.97. The quantitative estimate of drug-likeness (QED) is 0.780. The minimum Gasteiger partial charge on any atom is -0.297 e. The van der Waals surface area contributed by atoms with Crippen molar-refractivity contribution in [2.24, 2.45) is 7.05 Å². The van der Waals surface area contributed by atoms with E-state index < -0.39 is 0 Å². The third-order valence-corrected chi connectivity index (χ3v) is 4.25. The molecule has 1 aromatic heterocycles. The van der Waals surface area contributed by atoms with E-state index in [2.05, 4.69) is 46.8 Å². The summed E-state index contributed by atoms with van der Waals surface area (Å²) in [6, 6.07) is 0.482. The maximum atomic E-state index is 6.30. The number of hydrogen-bond acceptors (Lipinski definition) is 2. The van der Waals surface area contributed by atoms with Crippen molar-refractivity contribution >= 4 is 27.5 Å². The highest BCUT2D eigenvalue weighted by atomic mass is 79.9. The van der Waals surface area contributed by atoms with E-state index in [1.165, 1.54) is 0 Å². The number of aromatic nitrogens is 2. The minimum absolute atomic E-state index is 0.482. The molecule has 3 nitrogen and oxygen atoms in total. The van der Waals surface area contributed by atoms with Gasteiger partial charge in [-0.25, -0.2) is 0 Å². The molecule has 0 aromatic carbocycles. The SMILES string of the molecule is CCc1nn(C)c(CN(C)C(C)CBr)c1Cl. The average Bonchev–Trinajstić information content (AvgIpc) is 2.55. The van der Waals surface area contributed by atoms with E-state index in [0.29, 0.717) is 6.04 Å². The second-order valence-electron chi connectivity index (χ2n) is 4.10. The predicted molar refractivity (Wildman–Crippen MR) is 72.3 cm³/mol. The van der Waals surface area contributed by atoms with Crippen LogP contribution in [0.1, 0.15) is 25.2 Å². The molecule has 5 heteroatoms. The van der Waals surface area contributed by atoms with Crippen molar-refractivity contribution in [2.45, 2.75) is 32.9 Å². The lowest BCUT2D eigenvalue weighted by Gasteiger charge is -2.22. The highest BCUT2D eigenvalue weighted by molar-refractivity contribution is 9.09. The molecule has 1 rings (SSSR count). The van der Waals surface area contributed by atoms with Gasteiger partial charge >= 0.3 is 0 Å². The summed E-state index contributed by atoms with van der Waals surface area (Å²) in [6.45, 7) is 5.08. The molecule has 0 spiro atoms. The molecule has 0 amide bonds. The monoisotopic (exact) mass is 307 g/mol. The molecule has 1 aromatic rings. The maximum Gasteiger partial charge on any atom is 0.0863 e. The van der Waals surface area contributed by atoms with E-state index >= 15 is 0 Å². The van der Waals surface area contributed by atoms with E-state index in [0.717, 1.165) is 34.7 Å². The van der Waals surface area contributed by atoms with Crippen LogP contribution in [0.25, 0.3) is 0 Å². The van der Waals surface area contributed by atoms with Gasteiger partial charge in [0.1, 0.15) is 0 Å². The summed E-state index contributed by atoms with van der Waals surface area (Å²) in [5.74, 6) is 0. The summed E-state index contributed by atoms with van der Waals surface area (Å²) in [6.07, 6.45) is 0.879. The summed E-state index contributed by atoms with van der Waals surface area (Å²) in [7, 11) is 4.05. The van der Waals surface area contributed by atoms with Crippen LogP contribution in [0.4, 0.5) is 0 Å². The van der Waals surface area contributed by atoms with Crippen LogP contribution < -0.4 is 0 Å². The molecule has 0 bridgehead atoms. The molecule has 1 heterocycles. The summed E-state index contributed by atoms with van der Waals surface area (Å²) in [4.78, 5) is 2.26. The molecule has 0 radical (unpaired) electrons. The number of aryl methyl sites for hydroxylation is 2. The van der Waals surface area contributed by atoms with Crippen molar-refractivity contribution in [3.63, 3.8) is 0 Å². The first-order chi connectivity index (χ1) is 7.51. The normalized spacial score (nSPS) is 13.4. The fraction of sp³-hybridized carbons (Fsp3) is 0.727. The van der Waals surface area contributed by atoms with Crippen LogP contribution in [0, 0.1) is 0 Å². The van der Waals surface area contributed by atoms with Gasteiger partial charge in [0.15, 0.2) is 0 Å². The molecule has 92 valence electrons. The summed E-state index contributed by atoms with van der Waals surface area (Å²) < 4.78 is 1.89. The fourth-order valence-electron chi connectivity index (χ4n) is 1.50. The standard InChI is InChI=1S/C11H19BrClN3/c1-5-9-11(13)10(16(4)14-9)7-15(3)8(2)6-12/h8H,5-7H2,1-4H3. The van der Waals surface area contributed by atoms with Crippen LogP contribution in [0.2, 0.25) is 5.02 Å². The van der Waals surface area contributed by atoms with Crippen LogP contribution in [0.3, 0.4) is 0 Å². The Morgan fingerprint density at radius 3 is 2.62 bits per heavy atom. The topological polar surface area (TPSA) is 21.1 Å². The van der Waals surface area contributed by atoms with Crippen molar-refractivity contribution in [1.29, 1.82) is 0 Å². The summed E-state index contributed by atoms with van der Waals surface area (Å²) >= 11 is 9.79. The predicted octanol–water partition coefficient (Wildman–Crippen LogP) is 2.85. The molecule has 1 atom stereocenters. The molecular formula is C11H19BrClN3. The Labute approximate surface area is 111 Å². The second-order valence-corrected chi connectivity index (χ2v) is 5.13. The Morgan fingerprint density at radius 2 is 2.19 bits per heavy atom. The van der Waals surface area contributed by atoms with Gasteiger partial charge in [0.05, 0.1) is 16.4 Å². The Kier molecular flexibility index (Phi) is 5.28. The zero-order valence-corrected chi connectivity index (χ0v) is 12.6. The zero-order chi connectivity index (χ0) is 12.3. The van der Waals surface area contributed by atoms with Gasteiger partial charge in [-0.3, -0.25) is 9.58 Å². The smallest absolute Gasteiger partial charge is 0.0863 e. The number of halogens is 2. The van der Waals surface area contributed by atoms with Crippen molar-refractivity contribution in [1.82, 2.24) is 14.7 Å². The average molecular weight is 309 g/mol. The van der Waals surface area contributed by atoms with Gasteiger partial charge in [-0.05, 0) is 20.4 Å². The molecule has 0 aliphatic heterocycles. The molecule has 0 aliphatic carbocycles. The van der Waals surface area contributed by atoms with Crippen molar-refractivity contribution in [3.05, 3.63) is 16.4 Å². The second kappa shape index (κ2) is 6.03. The van der Waals surface area contributed by atoms with E-state index in [1.807, 2.05) is 11.7 Å². The van der Waals surface area contributed by atoms with Gasteiger partial charge in [0.25, 0.3) is 0 Å². The number of rotatable bonds is 5. The van der Waals surface area contributed by atoms with Crippen LogP contribution >= 0.6 is 27.5 Å². The molecule has 0 saturated carbocycles. The van der Waals surface area contributed by atoms with Crippen LogP contribution in [-0.4, -0.2) is 33.1 Å². The van der Waals surface area contributed by atoms with Crippen molar-refractivity contribution in [3.8, 4) is 0 Å². The lowest BCUT2D eigenvalue weighted by molar-refractivity contribution is 0.263. The number of hydrogen-bond donors (Lipinski definition) is 0. The van der Waals surface area contributed by atoms with E-state index in [9.17, 15) is 0 Å². The number of alkyl halides is 1. The van der Waals surface area contributed by atoms with Gasteiger partial charge in [-0.15, -0.1) is 0 Å². The third-order valence-electron chi connectivity index (χ3n) is 2.88. The minimum atomic E-state index is 0.482. The Morgan fingerprint density at radius 1 is 1.56 bits per heavy atom. The summed E-state index contributed by atoms with van der Waals surface area (Å²) in [5, 5.41) is 6.19. The van der Waals surface area contributed by atoms with Crippen LogP contribution in [0.15, 0.2) is 0 Å². The lowest BCUT2D eigenvalue weighted by Crippen LogP contribution is -2.30. The van der Waals surface area contributed by atoms with Gasteiger partial charge in [-0.2, -0.15) is 5.10 Å². The van der Waals surface area contributed by atoms with Crippen LogP contribution in [-0.2, 0) is 20.0 Å². The van der Waals surface area contributed by atoms with Gasteiger partial charge in [-0.1, -0.05) is 34.5 Å². The molecule has 1 unspecified atom stereocenters. The number of nitrogens with zero attached hydrogens (tertiary/aromatic N) is 3. The molecule has 16 heavy (non-hydrogen) atoms. The Bertz CT molecular complexity index is 351. The third kappa shape index (κ3) is 2.99. The van der Waals surface area contributed by atoms with Crippen molar-refractivity contribution < 1.29 is 0 Å².